The van der Waals surface area contributed by atoms with Crippen molar-refractivity contribution in [1.29, 1.82) is 0 Å². The Morgan fingerprint density at radius 3 is 2.33 bits per heavy atom. The minimum Gasteiger partial charge on any atom is -0.493 e. The molecule has 0 saturated carbocycles. The Labute approximate surface area is 175 Å². The third-order valence-electron chi connectivity index (χ3n) is 6.09. The smallest absolute Gasteiger partial charge is 0.122 e. The third-order valence-corrected chi connectivity index (χ3v) is 6.09. The van der Waals surface area contributed by atoms with E-state index < -0.39 is 0 Å². The Hall–Kier alpha value is -3.65. The highest BCUT2D eigenvalue weighted by atomic mass is 16.5. The van der Waals surface area contributed by atoms with Crippen LogP contribution in [0.25, 0.3) is 32.8 Å². The minimum atomic E-state index is 0.272. The number of para-hydroxylation sites is 1. The normalized spacial score (nSPS) is 15.7. The van der Waals surface area contributed by atoms with Crippen LogP contribution < -0.4 is 4.74 Å². The van der Waals surface area contributed by atoms with Gasteiger partial charge in [-0.05, 0) is 64.2 Å². The summed E-state index contributed by atoms with van der Waals surface area (Å²) in [7, 11) is 0. The molecule has 0 radical (unpaired) electrons. The van der Waals surface area contributed by atoms with Crippen molar-refractivity contribution in [2.75, 3.05) is 6.61 Å². The molecule has 1 aliphatic heterocycles. The van der Waals surface area contributed by atoms with E-state index >= 15 is 0 Å². The molecule has 2 heteroatoms. The van der Waals surface area contributed by atoms with Crippen molar-refractivity contribution in [2.45, 2.75) is 12.3 Å². The van der Waals surface area contributed by atoms with Crippen LogP contribution in [0, 0.1) is 0 Å². The van der Waals surface area contributed by atoms with Gasteiger partial charge in [-0.1, -0.05) is 66.7 Å². The monoisotopic (exact) mass is 387 g/mol. The van der Waals surface area contributed by atoms with Gasteiger partial charge < -0.3 is 4.74 Å². The maximum atomic E-state index is 6.12. The quantitative estimate of drug-likeness (QED) is 0.333. The summed E-state index contributed by atoms with van der Waals surface area (Å²) in [5.74, 6) is 1.27. The molecule has 0 saturated heterocycles. The number of pyridine rings is 1. The molecule has 5 aromatic rings. The van der Waals surface area contributed by atoms with E-state index in [2.05, 4.69) is 91.0 Å². The second kappa shape index (κ2) is 7.00. The highest BCUT2D eigenvalue weighted by molar-refractivity contribution is 5.87. The molecule has 1 aromatic heterocycles. The molecule has 0 N–H and O–H groups in total. The number of hydrogen-bond acceptors (Lipinski definition) is 2. The van der Waals surface area contributed by atoms with Gasteiger partial charge in [0.2, 0.25) is 0 Å². The molecule has 1 aliphatic rings. The molecule has 0 bridgehead atoms. The number of benzene rings is 4. The predicted molar refractivity (Wildman–Crippen MR) is 123 cm³/mol. The zero-order valence-electron chi connectivity index (χ0n) is 16.6. The maximum absolute atomic E-state index is 6.12. The van der Waals surface area contributed by atoms with Crippen molar-refractivity contribution in [2.24, 2.45) is 0 Å². The van der Waals surface area contributed by atoms with Gasteiger partial charge >= 0.3 is 0 Å². The van der Waals surface area contributed by atoms with Gasteiger partial charge in [-0.15, -0.1) is 0 Å². The molecule has 2 heterocycles. The van der Waals surface area contributed by atoms with Crippen LogP contribution in [0.4, 0.5) is 0 Å². The lowest BCUT2D eigenvalue weighted by atomic mass is 9.91. The number of fused-ring (bicyclic) bond motifs is 3. The fourth-order valence-electron chi connectivity index (χ4n) is 4.44. The first-order valence-corrected chi connectivity index (χ1v) is 10.4. The van der Waals surface area contributed by atoms with Gasteiger partial charge in [0.15, 0.2) is 0 Å². The average molecular weight is 387 g/mol. The largest absolute Gasteiger partial charge is 0.493 e. The van der Waals surface area contributed by atoms with Crippen LogP contribution in [0.3, 0.4) is 0 Å². The van der Waals surface area contributed by atoms with E-state index in [4.69, 9.17) is 9.72 Å². The molecule has 0 amide bonds. The molecule has 0 spiro atoms. The van der Waals surface area contributed by atoms with Crippen molar-refractivity contribution in [3.63, 3.8) is 0 Å². The van der Waals surface area contributed by atoms with Gasteiger partial charge in [-0.25, -0.2) is 0 Å². The molecule has 144 valence electrons. The van der Waals surface area contributed by atoms with Gasteiger partial charge in [0, 0.05) is 17.0 Å². The molecule has 2 nitrogen and oxygen atoms in total. The van der Waals surface area contributed by atoms with Crippen LogP contribution >= 0.6 is 0 Å². The number of hydrogen-bond donors (Lipinski definition) is 0. The van der Waals surface area contributed by atoms with Crippen molar-refractivity contribution in [3.05, 3.63) is 108 Å². The van der Waals surface area contributed by atoms with Crippen LogP contribution in [-0.2, 0) is 6.42 Å². The van der Waals surface area contributed by atoms with Crippen molar-refractivity contribution in [3.8, 4) is 16.9 Å². The first-order valence-electron chi connectivity index (χ1n) is 10.4. The molecule has 4 aromatic carbocycles. The fraction of sp³-hybridized carbons (Fsp3) is 0.107. The summed E-state index contributed by atoms with van der Waals surface area (Å²) < 4.78 is 6.12. The average Bonchev–Trinajstić information content (AvgIpc) is 2.82. The van der Waals surface area contributed by atoms with E-state index in [1.165, 1.54) is 32.8 Å². The van der Waals surface area contributed by atoms with E-state index in [-0.39, 0.29) is 5.92 Å². The Morgan fingerprint density at radius 1 is 0.667 bits per heavy atom. The van der Waals surface area contributed by atoms with E-state index in [0.29, 0.717) is 6.61 Å². The number of aromatic nitrogens is 1. The first kappa shape index (κ1) is 17.2. The van der Waals surface area contributed by atoms with Crippen molar-refractivity contribution < 1.29 is 4.74 Å². The summed E-state index contributed by atoms with van der Waals surface area (Å²) in [6, 6.07) is 34.3. The number of ether oxygens (including phenoxy) is 1. The lowest BCUT2D eigenvalue weighted by Crippen LogP contribution is -2.20. The van der Waals surface area contributed by atoms with E-state index in [9.17, 15) is 0 Å². The maximum Gasteiger partial charge on any atom is 0.122 e. The Bertz CT molecular complexity index is 1390. The summed E-state index contributed by atoms with van der Waals surface area (Å²) in [5.41, 5.74) is 5.88. The van der Waals surface area contributed by atoms with Crippen molar-refractivity contribution in [1.82, 2.24) is 4.98 Å². The molecular formula is C28H21NO. The zero-order valence-corrected chi connectivity index (χ0v) is 16.6. The van der Waals surface area contributed by atoms with E-state index in [1.54, 1.807) is 0 Å². The standard InChI is InChI=1S/C28H21NO/c1-2-7-21-15-22(10-9-19(21)5-1)23-12-14-28-24(16-23)17-25(18-30-28)27-13-11-20-6-3-4-8-26(20)29-27/h1-16,25H,17-18H2. The SMILES string of the molecule is c1ccc2cc(-c3ccc4c(c3)CC(c3ccc5ccccc5n3)CO4)ccc2c1. The summed E-state index contributed by atoms with van der Waals surface area (Å²) in [5, 5.41) is 3.71. The van der Waals surface area contributed by atoms with E-state index in [0.717, 1.165) is 23.4 Å². The first-order chi connectivity index (χ1) is 14.8. The summed E-state index contributed by atoms with van der Waals surface area (Å²) in [6.45, 7) is 0.674. The highest BCUT2D eigenvalue weighted by Gasteiger charge is 2.23. The van der Waals surface area contributed by atoms with Gasteiger partial charge in [0.1, 0.15) is 5.75 Å². The lowest BCUT2D eigenvalue weighted by Gasteiger charge is -2.25. The summed E-state index contributed by atoms with van der Waals surface area (Å²) in [6.07, 6.45) is 0.947. The highest BCUT2D eigenvalue weighted by Crippen LogP contribution is 2.35. The fourth-order valence-corrected chi connectivity index (χ4v) is 4.44. The minimum absolute atomic E-state index is 0.272. The van der Waals surface area contributed by atoms with E-state index in [1.807, 2.05) is 6.07 Å². The predicted octanol–water partition coefficient (Wildman–Crippen LogP) is 6.77. The molecule has 1 unspecified atom stereocenters. The van der Waals surface area contributed by atoms with Crippen LogP contribution in [0.1, 0.15) is 17.2 Å². The Balaban J connectivity index is 1.34. The number of nitrogens with zero attached hydrogens (tertiary/aromatic N) is 1. The lowest BCUT2D eigenvalue weighted by molar-refractivity contribution is 0.260. The Morgan fingerprint density at radius 2 is 1.40 bits per heavy atom. The molecule has 0 aliphatic carbocycles. The van der Waals surface area contributed by atoms with Crippen LogP contribution in [0.15, 0.2) is 97.1 Å². The van der Waals surface area contributed by atoms with Crippen molar-refractivity contribution >= 4 is 21.7 Å². The third kappa shape index (κ3) is 3.02. The van der Waals surface area contributed by atoms with Crippen LogP contribution in [-0.4, -0.2) is 11.6 Å². The topological polar surface area (TPSA) is 22.1 Å². The molecule has 0 fully saturated rings. The molecule has 1 atom stereocenters. The summed E-state index contributed by atoms with van der Waals surface area (Å²) >= 11 is 0. The molecule has 6 rings (SSSR count). The van der Waals surface area contributed by atoms with Crippen LogP contribution in [0.5, 0.6) is 5.75 Å². The number of rotatable bonds is 2. The zero-order chi connectivity index (χ0) is 19.9. The van der Waals surface area contributed by atoms with Gasteiger partial charge in [0.25, 0.3) is 0 Å². The van der Waals surface area contributed by atoms with Crippen LogP contribution in [0.2, 0.25) is 0 Å². The second-order valence-corrected chi connectivity index (χ2v) is 8.03. The molecular weight excluding hydrogens is 366 g/mol. The van der Waals surface area contributed by atoms with Gasteiger partial charge in [-0.2, -0.15) is 0 Å². The second-order valence-electron chi connectivity index (χ2n) is 8.03. The summed E-state index contributed by atoms with van der Waals surface area (Å²) in [4.78, 5) is 4.91. The molecule has 30 heavy (non-hydrogen) atoms. The van der Waals surface area contributed by atoms with Gasteiger partial charge in [-0.3, -0.25) is 4.98 Å². The van der Waals surface area contributed by atoms with Gasteiger partial charge in [0.05, 0.1) is 12.1 Å². The Kier molecular flexibility index (Phi) is 4.02.